The number of hydrogen-bond acceptors (Lipinski definition) is 5. The molecule has 1 aromatic heterocycles. The zero-order chi connectivity index (χ0) is 18.4. The first-order chi connectivity index (χ1) is 12.4. The van der Waals surface area contributed by atoms with Crippen LogP contribution in [-0.4, -0.2) is 29.6 Å². The van der Waals surface area contributed by atoms with E-state index < -0.39 is 0 Å². The molecule has 1 aromatic carbocycles. The monoisotopic (exact) mass is 354 g/mol. The van der Waals surface area contributed by atoms with E-state index in [0.29, 0.717) is 23.8 Å². The average molecular weight is 354 g/mol. The van der Waals surface area contributed by atoms with Crippen LogP contribution in [0, 0.1) is 11.8 Å². The molecule has 0 spiro atoms. The Morgan fingerprint density at radius 1 is 1.35 bits per heavy atom. The fourth-order valence-corrected chi connectivity index (χ4v) is 3.27. The topological polar surface area (TPSA) is 97.6 Å². The molecule has 2 fully saturated rings. The summed E-state index contributed by atoms with van der Waals surface area (Å²) in [6.07, 6.45) is 3.16. The molecule has 4 rings (SSSR count). The van der Waals surface area contributed by atoms with Gasteiger partial charge in [-0.2, -0.15) is 0 Å². The van der Waals surface area contributed by atoms with Crippen molar-refractivity contribution in [3.63, 3.8) is 0 Å². The van der Waals surface area contributed by atoms with Crippen molar-refractivity contribution >= 4 is 40.0 Å². The highest BCUT2D eigenvalue weighted by Crippen LogP contribution is 2.34. The summed E-state index contributed by atoms with van der Waals surface area (Å²) in [5, 5.41) is 4.45. The van der Waals surface area contributed by atoms with E-state index in [1.807, 2.05) is 6.07 Å². The molecule has 1 saturated carbocycles. The van der Waals surface area contributed by atoms with Gasteiger partial charge in [0.25, 0.3) is 0 Å². The largest absolute Gasteiger partial charge is 0.447 e. The number of nitrogens with zero attached hydrogens (tertiary/aromatic N) is 2. The molecule has 2 amide bonds. The molecule has 0 bridgehead atoms. The number of nitrogen functional groups attached to an aromatic ring is 1. The van der Waals surface area contributed by atoms with E-state index in [4.69, 9.17) is 10.5 Å². The molecule has 2 aromatic rings. The van der Waals surface area contributed by atoms with Crippen molar-refractivity contribution in [2.24, 2.45) is 11.8 Å². The van der Waals surface area contributed by atoms with E-state index in [9.17, 15) is 9.59 Å². The molecule has 3 N–H and O–H groups in total. The van der Waals surface area contributed by atoms with Crippen molar-refractivity contribution in [1.82, 2.24) is 4.98 Å². The molecule has 7 nitrogen and oxygen atoms in total. The van der Waals surface area contributed by atoms with Gasteiger partial charge in [-0.25, -0.2) is 9.78 Å². The lowest BCUT2D eigenvalue weighted by molar-refractivity contribution is -0.117. The number of pyridine rings is 1. The molecule has 1 atom stereocenters. The number of nitrogens with two attached hydrogens (primary N) is 1. The Morgan fingerprint density at radius 2 is 2.12 bits per heavy atom. The summed E-state index contributed by atoms with van der Waals surface area (Å²) >= 11 is 0. The number of carbonyl (C=O) groups is 2. The van der Waals surface area contributed by atoms with Crippen LogP contribution in [0.5, 0.6) is 0 Å². The quantitative estimate of drug-likeness (QED) is 0.822. The number of rotatable bonds is 4. The van der Waals surface area contributed by atoms with Gasteiger partial charge in [0, 0.05) is 23.2 Å². The molecule has 1 saturated heterocycles. The van der Waals surface area contributed by atoms with E-state index in [2.05, 4.69) is 24.1 Å². The van der Waals surface area contributed by atoms with Gasteiger partial charge in [0.15, 0.2) is 0 Å². The Hall–Kier alpha value is -2.83. The van der Waals surface area contributed by atoms with Crippen LogP contribution in [0.25, 0.3) is 10.8 Å². The average Bonchev–Trinajstić information content (AvgIpc) is 3.36. The van der Waals surface area contributed by atoms with E-state index in [-0.39, 0.29) is 29.9 Å². The normalized spacial score (nSPS) is 19.9. The Kier molecular flexibility index (Phi) is 3.94. The summed E-state index contributed by atoms with van der Waals surface area (Å²) in [4.78, 5) is 30.1. The molecule has 2 heterocycles. The van der Waals surface area contributed by atoms with Crippen LogP contribution in [0.3, 0.4) is 0 Å². The highest BCUT2D eigenvalue weighted by molar-refractivity contribution is 6.01. The lowest BCUT2D eigenvalue weighted by atomic mass is 10.0. The van der Waals surface area contributed by atoms with Gasteiger partial charge in [-0.15, -0.1) is 0 Å². The summed E-state index contributed by atoms with van der Waals surface area (Å²) in [7, 11) is 0. The number of benzene rings is 1. The number of anilines is 3. The lowest BCUT2D eigenvalue weighted by Crippen LogP contribution is -2.37. The second-order valence-electron chi connectivity index (χ2n) is 7.35. The first kappa shape index (κ1) is 16.6. The molecule has 0 radical (unpaired) electrons. The predicted molar refractivity (Wildman–Crippen MR) is 100.0 cm³/mol. The molecule has 136 valence electrons. The molecule has 2 aliphatic rings. The lowest BCUT2D eigenvalue weighted by Gasteiger charge is -2.25. The second-order valence-corrected chi connectivity index (χ2v) is 7.35. The molecule has 1 aliphatic heterocycles. The molecule has 1 aliphatic carbocycles. The van der Waals surface area contributed by atoms with Gasteiger partial charge >= 0.3 is 6.09 Å². The SMILES string of the molecule is CC(C)C1COC(=O)N1c1cc(N)c2cnc(NC(=O)C3CC3)cc2c1. The van der Waals surface area contributed by atoms with Crippen LogP contribution < -0.4 is 16.0 Å². The number of nitrogens with one attached hydrogen (secondary N) is 1. The van der Waals surface area contributed by atoms with Gasteiger partial charge in [0.2, 0.25) is 5.91 Å². The van der Waals surface area contributed by atoms with Crippen molar-refractivity contribution in [2.45, 2.75) is 32.7 Å². The first-order valence-electron chi connectivity index (χ1n) is 8.90. The Labute approximate surface area is 151 Å². The number of cyclic esters (lactones) is 1. The maximum Gasteiger partial charge on any atom is 0.414 e. The highest BCUT2D eigenvalue weighted by atomic mass is 16.6. The first-order valence-corrected chi connectivity index (χ1v) is 8.90. The maximum absolute atomic E-state index is 12.2. The molecule has 1 unspecified atom stereocenters. The van der Waals surface area contributed by atoms with Crippen LogP contribution in [0.15, 0.2) is 24.4 Å². The predicted octanol–water partition coefficient (Wildman–Crippen LogP) is 3.15. The fourth-order valence-electron chi connectivity index (χ4n) is 3.27. The Balaban J connectivity index is 1.71. The summed E-state index contributed by atoms with van der Waals surface area (Å²) in [6, 6.07) is 5.42. The maximum atomic E-state index is 12.2. The van der Waals surface area contributed by atoms with Crippen molar-refractivity contribution in [1.29, 1.82) is 0 Å². The summed E-state index contributed by atoms with van der Waals surface area (Å²) in [6.45, 7) is 4.48. The van der Waals surface area contributed by atoms with Crippen LogP contribution in [0.4, 0.5) is 22.0 Å². The van der Waals surface area contributed by atoms with Crippen molar-refractivity contribution in [3.05, 3.63) is 24.4 Å². The molecular formula is C19H22N4O3. The van der Waals surface area contributed by atoms with Gasteiger partial charge in [-0.3, -0.25) is 9.69 Å². The summed E-state index contributed by atoms with van der Waals surface area (Å²) in [5.74, 6) is 0.860. The van der Waals surface area contributed by atoms with E-state index in [0.717, 1.165) is 23.6 Å². The molecular weight excluding hydrogens is 332 g/mol. The summed E-state index contributed by atoms with van der Waals surface area (Å²) < 4.78 is 5.23. The van der Waals surface area contributed by atoms with E-state index >= 15 is 0 Å². The minimum Gasteiger partial charge on any atom is -0.447 e. The van der Waals surface area contributed by atoms with Gasteiger partial charge in [0.05, 0.1) is 11.7 Å². The number of aromatic nitrogens is 1. The number of ether oxygens (including phenoxy) is 1. The fraction of sp³-hybridized carbons (Fsp3) is 0.421. The van der Waals surface area contributed by atoms with Gasteiger partial charge in [-0.05, 0) is 42.3 Å². The van der Waals surface area contributed by atoms with Crippen LogP contribution >= 0.6 is 0 Å². The van der Waals surface area contributed by atoms with Crippen molar-refractivity contribution in [2.75, 3.05) is 22.6 Å². The smallest absolute Gasteiger partial charge is 0.414 e. The number of carbonyl (C=O) groups excluding carboxylic acids is 2. The van der Waals surface area contributed by atoms with Crippen molar-refractivity contribution in [3.8, 4) is 0 Å². The van der Waals surface area contributed by atoms with E-state index in [1.165, 1.54) is 0 Å². The minimum atomic E-state index is -0.362. The molecule has 26 heavy (non-hydrogen) atoms. The Morgan fingerprint density at radius 3 is 2.81 bits per heavy atom. The van der Waals surface area contributed by atoms with Gasteiger partial charge < -0.3 is 15.8 Å². The van der Waals surface area contributed by atoms with Gasteiger partial charge in [0.1, 0.15) is 12.4 Å². The molecule has 7 heteroatoms. The second kappa shape index (κ2) is 6.16. The zero-order valence-electron chi connectivity index (χ0n) is 14.9. The van der Waals surface area contributed by atoms with Crippen LogP contribution in [0.2, 0.25) is 0 Å². The third kappa shape index (κ3) is 2.94. The number of fused-ring (bicyclic) bond motifs is 1. The highest BCUT2D eigenvalue weighted by Gasteiger charge is 2.36. The minimum absolute atomic E-state index is 0.00368. The van der Waals surface area contributed by atoms with E-state index in [1.54, 1.807) is 23.2 Å². The number of amides is 2. The number of hydrogen-bond donors (Lipinski definition) is 2. The third-order valence-corrected chi connectivity index (χ3v) is 5.01. The van der Waals surface area contributed by atoms with Crippen molar-refractivity contribution < 1.29 is 14.3 Å². The van der Waals surface area contributed by atoms with Crippen LogP contribution in [-0.2, 0) is 9.53 Å². The summed E-state index contributed by atoms with van der Waals surface area (Å²) in [5.41, 5.74) is 7.43. The Bertz CT molecular complexity index is 892. The zero-order valence-corrected chi connectivity index (χ0v) is 14.9. The standard InChI is InChI=1S/C19H22N4O3/c1-10(2)16-9-26-19(25)23(16)13-5-12-6-17(22-18(24)11-3-4-11)21-8-14(12)15(20)7-13/h5-8,10-11,16H,3-4,9,20H2,1-2H3,(H,21,22,24). The van der Waals surface area contributed by atoms with Crippen LogP contribution in [0.1, 0.15) is 26.7 Å². The third-order valence-electron chi connectivity index (χ3n) is 5.01. The van der Waals surface area contributed by atoms with Gasteiger partial charge in [-0.1, -0.05) is 13.8 Å².